The van der Waals surface area contributed by atoms with Gasteiger partial charge in [-0.1, -0.05) is 29.3 Å². The van der Waals surface area contributed by atoms with Crippen LogP contribution in [0.4, 0.5) is 0 Å². The monoisotopic (exact) mass is 288 g/mol. The molecule has 0 radical (unpaired) electrons. The molecule has 0 spiro atoms. The van der Waals surface area contributed by atoms with Crippen molar-refractivity contribution in [2.45, 2.75) is 0 Å². The summed E-state index contributed by atoms with van der Waals surface area (Å²) < 4.78 is 1.89. The first-order valence-corrected chi connectivity index (χ1v) is 6.37. The normalized spacial score (nSPS) is 11.7. The summed E-state index contributed by atoms with van der Waals surface area (Å²) in [5, 5.41) is 0.934. The summed E-state index contributed by atoms with van der Waals surface area (Å²) in [5.74, 6) is 0. The molecule has 6 heteroatoms. The van der Waals surface area contributed by atoms with Crippen molar-refractivity contribution in [2.24, 2.45) is 0 Å². The van der Waals surface area contributed by atoms with Crippen molar-refractivity contribution in [2.75, 3.05) is 0 Å². The highest BCUT2D eigenvalue weighted by Crippen LogP contribution is 2.27. The zero-order valence-electron chi connectivity index (χ0n) is 9.51. The summed E-state index contributed by atoms with van der Waals surface area (Å²) in [4.78, 5) is 13.5. The Morgan fingerprint density at radius 2 is 1.63 bits per heavy atom. The predicted molar refractivity (Wildman–Crippen MR) is 75.8 cm³/mol. The van der Waals surface area contributed by atoms with Crippen LogP contribution >= 0.6 is 23.2 Å². The van der Waals surface area contributed by atoms with Crippen LogP contribution < -0.4 is 0 Å². The summed E-state index contributed by atoms with van der Waals surface area (Å²) in [6.45, 7) is 0. The van der Waals surface area contributed by atoms with Crippen molar-refractivity contribution in [3.8, 4) is 0 Å². The number of imidazole rings is 1. The van der Waals surface area contributed by atoms with Gasteiger partial charge in [-0.25, -0.2) is 15.0 Å². The lowest BCUT2D eigenvalue weighted by molar-refractivity contribution is 1.19. The smallest absolute Gasteiger partial charge is 0.198 e. The maximum absolute atomic E-state index is 6.01. The fourth-order valence-corrected chi connectivity index (χ4v) is 2.40. The lowest BCUT2D eigenvalue weighted by Gasteiger charge is -2.00. The maximum atomic E-state index is 6.01. The van der Waals surface area contributed by atoms with Crippen LogP contribution in [0.2, 0.25) is 10.0 Å². The first-order valence-electron chi connectivity index (χ1n) is 5.62. The number of hydrogen-bond donors (Lipinski definition) is 0. The van der Waals surface area contributed by atoms with Gasteiger partial charge < -0.3 is 0 Å². The molecule has 4 aromatic rings. The van der Waals surface area contributed by atoms with E-state index in [2.05, 4.69) is 15.0 Å². The molecule has 0 N–H and O–H groups in total. The highest BCUT2D eigenvalue weighted by Gasteiger charge is 2.10. The molecule has 0 aliphatic carbocycles. The van der Waals surface area contributed by atoms with Gasteiger partial charge in [-0.3, -0.25) is 4.40 Å². The lowest BCUT2D eigenvalue weighted by atomic mass is 10.3. The van der Waals surface area contributed by atoms with Gasteiger partial charge in [0.15, 0.2) is 11.3 Å². The minimum absolute atomic E-state index is 0.464. The van der Waals surface area contributed by atoms with E-state index in [1.165, 1.54) is 0 Å². The van der Waals surface area contributed by atoms with Crippen molar-refractivity contribution < 1.29 is 0 Å². The third kappa shape index (κ3) is 1.57. The molecule has 0 fully saturated rings. The number of benzene rings is 1. The van der Waals surface area contributed by atoms with E-state index in [4.69, 9.17) is 23.2 Å². The van der Waals surface area contributed by atoms with Gasteiger partial charge in [0, 0.05) is 6.20 Å². The molecule has 92 valence electrons. The number of aromatic nitrogens is 4. The van der Waals surface area contributed by atoms with Crippen LogP contribution in [0.5, 0.6) is 0 Å². The zero-order chi connectivity index (χ0) is 13.0. The molecule has 0 aliphatic heterocycles. The summed E-state index contributed by atoms with van der Waals surface area (Å²) in [5.41, 5.74) is 3.50. The van der Waals surface area contributed by atoms with Gasteiger partial charge in [0.25, 0.3) is 0 Å². The van der Waals surface area contributed by atoms with E-state index in [-0.39, 0.29) is 0 Å². The summed E-state index contributed by atoms with van der Waals surface area (Å²) >= 11 is 12.0. The Kier molecular flexibility index (Phi) is 2.19. The second-order valence-electron chi connectivity index (χ2n) is 4.17. The average molecular weight is 289 g/mol. The van der Waals surface area contributed by atoms with Crippen LogP contribution in [-0.4, -0.2) is 19.4 Å². The molecule has 1 aromatic carbocycles. The largest absolute Gasteiger partial charge is 0.283 e. The van der Waals surface area contributed by atoms with Crippen molar-refractivity contribution in [3.63, 3.8) is 0 Å². The van der Waals surface area contributed by atoms with Gasteiger partial charge in [-0.05, 0) is 24.3 Å². The van der Waals surface area contributed by atoms with Crippen molar-refractivity contribution in [1.29, 1.82) is 0 Å². The first-order chi connectivity index (χ1) is 9.22. The molecule has 0 aliphatic rings. The van der Waals surface area contributed by atoms with Crippen LogP contribution in [0.25, 0.3) is 28.0 Å². The van der Waals surface area contributed by atoms with Crippen LogP contribution in [0.1, 0.15) is 0 Å². The van der Waals surface area contributed by atoms with E-state index in [1.807, 2.05) is 28.8 Å². The molecule has 0 saturated heterocycles. The predicted octanol–water partition coefficient (Wildman–Crippen LogP) is 3.74. The van der Waals surface area contributed by atoms with E-state index in [0.29, 0.717) is 32.4 Å². The number of nitrogens with zero attached hydrogens (tertiary/aromatic N) is 4. The summed E-state index contributed by atoms with van der Waals surface area (Å²) in [6, 6.07) is 9.18. The molecule has 4 nitrogen and oxygen atoms in total. The molecule has 0 unspecified atom stereocenters. The van der Waals surface area contributed by atoms with E-state index in [9.17, 15) is 0 Å². The van der Waals surface area contributed by atoms with Gasteiger partial charge >= 0.3 is 0 Å². The Labute approximate surface area is 117 Å². The Bertz CT molecular complexity index is 945. The van der Waals surface area contributed by atoms with Gasteiger partial charge in [0.1, 0.15) is 5.65 Å². The topological polar surface area (TPSA) is 43.1 Å². The van der Waals surface area contributed by atoms with Crippen LogP contribution in [0, 0.1) is 0 Å². The fraction of sp³-hybridized carbons (Fsp3) is 0. The maximum Gasteiger partial charge on any atom is 0.198 e. The average Bonchev–Trinajstić information content (AvgIpc) is 2.75. The third-order valence-electron chi connectivity index (χ3n) is 2.96. The lowest BCUT2D eigenvalue weighted by Crippen LogP contribution is -1.89. The second-order valence-corrected chi connectivity index (χ2v) is 4.98. The molecule has 19 heavy (non-hydrogen) atoms. The molecule has 4 rings (SSSR count). The molecule has 0 atom stereocenters. The minimum atomic E-state index is 0.464. The molecule has 3 heterocycles. The minimum Gasteiger partial charge on any atom is -0.283 e. The first kappa shape index (κ1) is 11.0. The molecular formula is C13H6Cl2N4. The zero-order valence-corrected chi connectivity index (χ0v) is 11.0. The highest BCUT2D eigenvalue weighted by atomic mass is 35.5. The van der Waals surface area contributed by atoms with Crippen molar-refractivity contribution >= 4 is 51.2 Å². The Morgan fingerprint density at radius 1 is 0.895 bits per heavy atom. The number of halogens is 2. The van der Waals surface area contributed by atoms with Gasteiger partial charge in [-0.15, -0.1) is 0 Å². The van der Waals surface area contributed by atoms with Crippen LogP contribution in [0.3, 0.4) is 0 Å². The highest BCUT2D eigenvalue weighted by molar-refractivity contribution is 6.42. The molecule has 0 saturated carbocycles. The Morgan fingerprint density at radius 3 is 2.42 bits per heavy atom. The van der Waals surface area contributed by atoms with Gasteiger partial charge in [0.05, 0.1) is 21.1 Å². The third-order valence-corrected chi connectivity index (χ3v) is 3.68. The van der Waals surface area contributed by atoms with Gasteiger partial charge in [-0.2, -0.15) is 0 Å². The summed E-state index contributed by atoms with van der Waals surface area (Å²) in [6.07, 6.45) is 1.91. The molecule has 0 amide bonds. The SMILES string of the molecule is Clc1cc2nc3nc4ccccn4c3nc2cc1Cl. The number of hydrogen-bond acceptors (Lipinski definition) is 3. The number of fused-ring (bicyclic) bond motifs is 4. The van der Waals surface area contributed by atoms with Gasteiger partial charge in [0.2, 0.25) is 0 Å². The Hall–Kier alpha value is -1.91. The van der Waals surface area contributed by atoms with E-state index >= 15 is 0 Å². The second kappa shape index (κ2) is 3.79. The van der Waals surface area contributed by atoms with Crippen LogP contribution in [0.15, 0.2) is 36.5 Å². The van der Waals surface area contributed by atoms with E-state index < -0.39 is 0 Å². The quantitative estimate of drug-likeness (QED) is 0.495. The Balaban J connectivity index is 2.21. The molecule has 3 aromatic heterocycles. The molecular weight excluding hydrogens is 283 g/mol. The fourth-order valence-electron chi connectivity index (χ4n) is 2.08. The summed E-state index contributed by atoms with van der Waals surface area (Å²) in [7, 11) is 0. The van der Waals surface area contributed by atoms with E-state index in [1.54, 1.807) is 12.1 Å². The van der Waals surface area contributed by atoms with Crippen LogP contribution in [-0.2, 0) is 0 Å². The van der Waals surface area contributed by atoms with Crippen molar-refractivity contribution in [3.05, 3.63) is 46.6 Å². The van der Waals surface area contributed by atoms with E-state index in [0.717, 1.165) is 5.65 Å². The standard InChI is InChI=1S/C13H6Cl2N4/c14-7-5-9-10(6-8(7)15)17-13-12(16-9)18-11-3-1-2-4-19(11)13/h1-6H. The van der Waals surface area contributed by atoms with Crippen molar-refractivity contribution in [1.82, 2.24) is 19.4 Å². The number of rotatable bonds is 0. The molecule has 0 bridgehead atoms. The number of pyridine rings is 1.